The summed E-state index contributed by atoms with van der Waals surface area (Å²) in [5.41, 5.74) is -0.679. The van der Waals surface area contributed by atoms with E-state index in [1.807, 2.05) is 0 Å². The average Bonchev–Trinajstić information content (AvgIpc) is 3.08. The number of hydrogen-bond acceptors (Lipinski definition) is 21. The number of fused-ring (bicyclic) bond motifs is 1. The van der Waals surface area contributed by atoms with Crippen LogP contribution in [0.2, 0.25) is 0 Å². The molecule has 274 valence electrons. The van der Waals surface area contributed by atoms with Gasteiger partial charge in [0.05, 0.1) is 45.6 Å². The summed E-state index contributed by atoms with van der Waals surface area (Å²) in [6.07, 6.45) is 0. The molecule has 4 aromatic carbocycles. The van der Waals surface area contributed by atoms with Gasteiger partial charge in [-0.1, -0.05) is 22.2 Å². The Bertz CT molecular complexity index is 2260. The lowest BCUT2D eigenvalue weighted by molar-refractivity contribution is -0.434. The Morgan fingerprint density at radius 2 is 1.45 bits per heavy atom. The molecule has 0 aliphatic rings. The Kier molecular flexibility index (Phi) is 13.7. The number of rotatable bonds is 18. The van der Waals surface area contributed by atoms with Crippen LogP contribution < -0.4 is 5.32 Å². The van der Waals surface area contributed by atoms with Crippen molar-refractivity contribution in [3.05, 3.63) is 66.7 Å². The van der Waals surface area contributed by atoms with Crippen LogP contribution in [0.3, 0.4) is 0 Å². The van der Waals surface area contributed by atoms with E-state index in [2.05, 4.69) is 44.5 Å². The SMILES string of the molecule is O=S(=O)(O)CNc1ccc2c(O)c(N=Nc3ccccc3S(=O)(=O)O)c(SOOO)cc2c1N=Nc1ccc(S(=O)(=O)CCOSOOO)cc1. The maximum absolute atomic E-state index is 12.6. The van der Waals surface area contributed by atoms with E-state index in [1.54, 1.807) is 0 Å². The minimum atomic E-state index is -4.72. The zero-order valence-corrected chi connectivity index (χ0v) is 29.1. The maximum atomic E-state index is 12.6. The van der Waals surface area contributed by atoms with E-state index in [-0.39, 0.29) is 67.9 Å². The molecular formula is C25H23N5O16S5. The zero-order chi connectivity index (χ0) is 37.2. The van der Waals surface area contributed by atoms with Gasteiger partial charge in [-0.2, -0.15) is 21.9 Å². The fourth-order valence-electron chi connectivity index (χ4n) is 4.05. The Labute approximate surface area is 296 Å². The first kappa shape index (κ1) is 39.9. The summed E-state index contributed by atoms with van der Waals surface area (Å²) >= 11 is 0.523. The minimum absolute atomic E-state index is 0.00501. The fourth-order valence-corrected chi connectivity index (χ4v) is 6.91. The minimum Gasteiger partial charge on any atom is -0.505 e. The van der Waals surface area contributed by atoms with E-state index in [1.165, 1.54) is 60.7 Å². The number of benzene rings is 4. The molecule has 0 radical (unpaired) electrons. The highest BCUT2D eigenvalue weighted by molar-refractivity contribution is 7.94. The fraction of sp³-hybridized carbons (Fsp3) is 0.120. The van der Waals surface area contributed by atoms with E-state index < -0.39 is 52.3 Å². The van der Waals surface area contributed by atoms with Gasteiger partial charge in [-0.05, 0) is 54.6 Å². The molecule has 0 fully saturated rings. The summed E-state index contributed by atoms with van der Waals surface area (Å²) in [6.45, 7) is -0.318. The largest absolute Gasteiger partial charge is 0.505 e. The lowest BCUT2D eigenvalue weighted by Gasteiger charge is -2.14. The second-order valence-corrected chi connectivity index (χ2v) is 15.6. The molecule has 0 spiro atoms. The van der Waals surface area contributed by atoms with Crippen molar-refractivity contribution in [3.63, 3.8) is 0 Å². The molecule has 21 nitrogen and oxygen atoms in total. The lowest BCUT2D eigenvalue weighted by Crippen LogP contribution is -2.13. The van der Waals surface area contributed by atoms with Crippen LogP contribution in [0.25, 0.3) is 10.8 Å². The van der Waals surface area contributed by atoms with Crippen molar-refractivity contribution in [1.82, 2.24) is 0 Å². The molecular weight excluding hydrogens is 787 g/mol. The standard InChI is InChI=1S/C25H23N5O16S5/c31-25-17-9-10-20(26-14-50(36,37)38)23(29-27-15-5-7-16(8-6-15)49(34,35)12-11-42-48-46-44-33)18(17)13-21(47-45-43-32)24(25)30-28-19-3-1-2-4-22(19)51(39,40)41/h1-10,13,26,31-33H,11-12,14H2,(H,36,37,38)(H,39,40,41). The van der Waals surface area contributed by atoms with Crippen molar-refractivity contribution in [3.8, 4) is 5.75 Å². The summed E-state index contributed by atoms with van der Waals surface area (Å²) in [6, 6.07) is 14.0. The Morgan fingerprint density at radius 1 is 0.765 bits per heavy atom. The maximum Gasteiger partial charge on any atom is 0.296 e. The Balaban J connectivity index is 1.79. The molecule has 51 heavy (non-hydrogen) atoms. The number of phenols is 1. The van der Waals surface area contributed by atoms with Gasteiger partial charge in [-0.3, -0.25) is 13.3 Å². The molecule has 0 aliphatic carbocycles. The predicted molar refractivity (Wildman–Crippen MR) is 178 cm³/mol. The van der Waals surface area contributed by atoms with Crippen LogP contribution >= 0.6 is 24.4 Å². The Hall–Kier alpha value is -3.87. The van der Waals surface area contributed by atoms with Crippen molar-refractivity contribution >= 4 is 93.6 Å². The zero-order valence-electron chi connectivity index (χ0n) is 25.0. The highest BCUT2D eigenvalue weighted by atomic mass is 32.2. The molecule has 0 heterocycles. The second kappa shape index (κ2) is 17.6. The molecule has 4 aromatic rings. The van der Waals surface area contributed by atoms with Crippen molar-refractivity contribution in [2.45, 2.75) is 14.7 Å². The van der Waals surface area contributed by atoms with Crippen LogP contribution in [0.4, 0.5) is 28.4 Å². The lowest BCUT2D eigenvalue weighted by atomic mass is 10.1. The van der Waals surface area contributed by atoms with Gasteiger partial charge in [0.2, 0.25) is 0 Å². The molecule has 0 amide bonds. The molecule has 0 unspecified atom stereocenters. The molecule has 0 aromatic heterocycles. The molecule has 0 atom stereocenters. The van der Waals surface area contributed by atoms with Crippen molar-refractivity contribution in [1.29, 1.82) is 0 Å². The van der Waals surface area contributed by atoms with Gasteiger partial charge >= 0.3 is 0 Å². The molecule has 6 N–H and O–H groups in total. The summed E-state index contributed by atoms with van der Waals surface area (Å²) < 4.78 is 104. The average molecular weight is 810 g/mol. The number of phenolic OH excluding ortho intramolecular Hbond substituents is 1. The normalized spacial score (nSPS) is 12.7. The molecule has 4 rings (SSSR count). The van der Waals surface area contributed by atoms with Gasteiger partial charge in [0, 0.05) is 10.8 Å². The predicted octanol–water partition coefficient (Wildman–Crippen LogP) is 6.08. The number of sulfone groups is 1. The van der Waals surface area contributed by atoms with Crippen LogP contribution in [0, 0.1) is 0 Å². The number of anilines is 1. The quantitative estimate of drug-likeness (QED) is 0.0165. The third-order valence-corrected chi connectivity index (χ3v) is 10.3. The molecule has 0 bridgehead atoms. The first-order valence-electron chi connectivity index (χ1n) is 13.3. The van der Waals surface area contributed by atoms with E-state index in [9.17, 15) is 39.5 Å². The summed E-state index contributed by atoms with van der Waals surface area (Å²) in [4.78, 5) is -0.819. The van der Waals surface area contributed by atoms with Crippen LogP contribution in [0.5, 0.6) is 5.75 Å². The van der Waals surface area contributed by atoms with Crippen molar-refractivity contribution in [2.75, 3.05) is 23.6 Å². The highest BCUT2D eigenvalue weighted by Crippen LogP contribution is 2.48. The van der Waals surface area contributed by atoms with Gasteiger partial charge in [-0.15, -0.1) is 24.0 Å². The number of nitrogens with zero attached hydrogens (tertiary/aromatic N) is 4. The first-order chi connectivity index (χ1) is 24.1. The molecule has 0 aliphatic heterocycles. The van der Waals surface area contributed by atoms with Gasteiger partial charge in [0.15, 0.2) is 27.9 Å². The molecule has 0 saturated carbocycles. The topological polar surface area (TPSA) is 311 Å². The molecule has 0 saturated heterocycles. The smallest absolute Gasteiger partial charge is 0.296 e. The van der Waals surface area contributed by atoms with Crippen LogP contribution in [0.15, 0.2) is 102 Å². The third kappa shape index (κ3) is 11.1. The van der Waals surface area contributed by atoms with E-state index in [0.29, 0.717) is 12.0 Å². The number of aromatic hydroxyl groups is 1. The van der Waals surface area contributed by atoms with Crippen LogP contribution in [-0.2, 0) is 53.0 Å². The summed E-state index contributed by atoms with van der Waals surface area (Å²) in [7, 11) is -13.1. The Morgan fingerprint density at radius 3 is 2.12 bits per heavy atom. The van der Waals surface area contributed by atoms with Gasteiger partial charge in [-0.25, -0.2) is 18.9 Å². The monoisotopic (exact) mass is 809 g/mol. The number of hydrogen-bond donors (Lipinski definition) is 6. The van der Waals surface area contributed by atoms with E-state index in [0.717, 1.165) is 6.07 Å². The second-order valence-electron chi connectivity index (χ2n) is 9.45. The van der Waals surface area contributed by atoms with Gasteiger partial charge in [0.1, 0.15) is 27.8 Å². The van der Waals surface area contributed by atoms with E-state index >= 15 is 0 Å². The first-order valence-corrected chi connectivity index (χ1v) is 19.4. The number of nitrogens with one attached hydrogen (secondary N) is 1. The summed E-state index contributed by atoms with van der Waals surface area (Å²) in [5, 5.41) is 53.7. The third-order valence-electron chi connectivity index (χ3n) is 6.21. The van der Waals surface area contributed by atoms with E-state index in [4.69, 9.17) is 14.7 Å². The van der Waals surface area contributed by atoms with Gasteiger partial charge < -0.3 is 10.4 Å². The van der Waals surface area contributed by atoms with Crippen molar-refractivity contribution < 1.29 is 72.9 Å². The van der Waals surface area contributed by atoms with Crippen molar-refractivity contribution in [2.24, 2.45) is 20.5 Å². The number of azo groups is 2. The molecule has 26 heteroatoms. The van der Waals surface area contributed by atoms with Gasteiger partial charge in [0.25, 0.3) is 20.2 Å². The summed E-state index contributed by atoms with van der Waals surface area (Å²) in [5.74, 6) is -2.03. The van der Waals surface area contributed by atoms with Crippen LogP contribution in [-0.4, -0.2) is 68.2 Å². The van der Waals surface area contributed by atoms with Crippen LogP contribution in [0.1, 0.15) is 0 Å². The highest BCUT2D eigenvalue weighted by Gasteiger charge is 2.21.